The summed E-state index contributed by atoms with van der Waals surface area (Å²) in [6, 6.07) is 16.5. The summed E-state index contributed by atoms with van der Waals surface area (Å²) in [5.41, 5.74) is 11.0. The van der Waals surface area contributed by atoms with Gasteiger partial charge in [-0.25, -0.2) is 0 Å². The van der Waals surface area contributed by atoms with Crippen LogP contribution in [0.5, 0.6) is 0 Å². The van der Waals surface area contributed by atoms with E-state index >= 15 is 0 Å². The first kappa shape index (κ1) is 15.5. The number of halogens is 1. The van der Waals surface area contributed by atoms with Crippen LogP contribution in [0.25, 0.3) is 0 Å². The molecule has 1 atom stereocenters. The molecule has 2 aromatic carbocycles. The summed E-state index contributed by atoms with van der Waals surface area (Å²) in [7, 11) is 0. The van der Waals surface area contributed by atoms with Crippen LogP contribution in [-0.4, -0.2) is 6.54 Å². The molecule has 0 bridgehead atoms. The summed E-state index contributed by atoms with van der Waals surface area (Å²) in [5.74, 6) is 0. The number of nitrogens with two attached hydrogens (primary N) is 1. The number of rotatable bonds is 4. The summed E-state index contributed by atoms with van der Waals surface area (Å²) in [6.07, 6.45) is 0. The van der Waals surface area contributed by atoms with E-state index in [-0.39, 0.29) is 18.4 Å². The van der Waals surface area contributed by atoms with Crippen molar-refractivity contribution in [3.8, 4) is 0 Å². The molecule has 102 valence electrons. The highest BCUT2D eigenvalue weighted by molar-refractivity contribution is 5.85. The van der Waals surface area contributed by atoms with Crippen molar-refractivity contribution >= 4 is 18.1 Å². The van der Waals surface area contributed by atoms with E-state index < -0.39 is 0 Å². The van der Waals surface area contributed by atoms with Gasteiger partial charge in [-0.1, -0.05) is 42.5 Å². The quantitative estimate of drug-likeness (QED) is 0.889. The number of nitrogens with one attached hydrogen (secondary N) is 1. The van der Waals surface area contributed by atoms with Crippen LogP contribution in [0.2, 0.25) is 0 Å². The van der Waals surface area contributed by atoms with Gasteiger partial charge in [0.2, 0.25) is 0 Å². The van der Waals surface area contributed by atoms with Crippen molar-refractivity contribution in [2.75, 3.05) is 11.9 Å². The largest absolute Gasteiger partial charge is 0.385 e. The second kappa shape index (κ2) is 7.17. The monoisotopic (exact) mass is 276 g/mol. The third-order valence-electron chi connectivity index (χ3n) is 3.07. The zero-order valence-corrected chi connectivity index (χ0v) is 12.2. The SMILES string of the molecule is CCNc1cc(C)ccc1C(N)c1ccccc1.Cl. The molecular formula is C16H21ClN2. The summed E-state index contributed by atoms with van der Waals surface area (Å²) >= 11 is 0. The summed E-state index contributed by atoms with van der Waals surface area (Å²) in [6.45, 7) is 5.09. The van der Waals surface area contributed by atoms with Crippen molar-refractivity contribution in [2.24, 2.45) is 5.73 Å². The second-order valence-corrected chi connectivity index (χ2v) is 4.51. The number of aryl methyl sites for hydroxylation is 1. The fraction of sp³-hybridized carbons (Fsp3) is 0.250. The Balaban J connectivity index is 0.00000180. The van der Waals surface area contributed by atoms with Crippen LogP contribution in [-0.2, 0) is 0 Å². The normalized spacial score (nSPS) is 11.5. The topological polar surface area (TPSA) is 38.0 Å². The maximum atomic E-state index is 6.36. The van der Waals surface area contributed by atoms with Crippen molar-refractivity contribution in [3.63, 3.8) is 0 Å². The Morgan fingerprint density at radius 2 is 1.79 bits per heavy atom. The number of benzene rings is 2. The molecule has 0 aromatic heterocycles. The average molecular weight is 277 g/mol. The van der Waals surface area contributed by atoms with E-state index in [9.17, 15) is 0 Å². The number of anilines is 1. The Morgan fingerprint density at radius 3 is 2.42 bits per heavy atom. The van der Waals surface area contributed by atoms with Crippen molar-refractivity contribution < 1.29 is 0 Å². The molecule has 0 saturated heterocycles. The van der Waals surface area contributed by atoms with E-state index in [1.807, 2.05) is 18.2 Å². The summed E-state index contributed by atoms with van der Waals surface area (Å²) in [4.78, 5) is 0. The van der Waals surface area contributed by atoms with Gasteiger partial charge in [0.1, 0.15) is 0 Å². The second-order valence-electron chi connectivity index (χ2n) is 4.51. The molecule has 0 aliphatic carbocycles. The maximum Gasteiger partial charge on any atom is 0.0572 e. The van der Waals surface area contributed by atoms with Gasteiger partial charge < -0.3 is 11.1 Å². The van der Waals surface area contributed by atoms with Crippen LogP contribution < -0.4 is 11.1 Å². The Bertz CT molecular complexity index is 511. The molecule has 0 spiro atoms. The van der Waals surface area contributed by atoms with E-state index in [2.05, 4.69) is 49.5 Å². The molecule has 19 heavy (non-hydrogen) atoms. The first-order chi connectivity index (χ1) is 8.72. The Kier molecular flexibility index (Phi) is 5.87. The van der Waals surface area contributed by atoms with Crippen molar-refractivity contribution in [3.05, 3.63) is 65.2 Å². The highest BCUT2D eigenvalue weighted by Gasteiger charge is 2.12. The van der Waals surface area contributed by atoms with Gasteiger partial charge in [-0.15, -0.1) is 12.4 Å². The van der Waals surface area contributed by atoms with Crippen LogP contribution in [0.1, 0.15) is 29.7 Å². The maximum absolute atomic E-state index is 6.36. The Morgan fingerprint density at radius 1 is 1.11 bits per heavy atom. The average Bonchev–Trinajstić information content (AvgIpc) is 2.40. The standard InChI is InChI=1S/C16H20N2.ClH/c1-3-18-15-11-12(2)9-10-14(15)16(17)13-7-5-4-6-8-13;/h4-11,16,18H,3,17H2,1-2H3;1H. The van der Waals surface area contributed by atoms with Gasteiger partial charge in [0.05, 0.1) is 6.04 Å². The molecule has 2 rings (SSSR count). The highest BCUT2D eigenvalue weighted by Crippen LogP contribution is 2.27. The lowest BCUT2D eigenvalue weighted by Crippen LogP contribution is -2.14. The minimum absolute atomic E-state index is 0. The fourth-order valence-corrected chi connectivity index (χ4v) is 2.12. The van der Waals surface area contributed by atoms with Crippen molar-refractivity contribution in [2.45, 2.75) is 19.9 Å². The molecule has 0 aliphatic rings. The van der Waals surface area contributed by atoms with Crippen LogP contribution in [0, 0.1) is 6.92 Å². The van der Waals surface area contributed by atoms with Gasteiger partial charge in [-0.2, -0.15) is 0 Å². The predicted molar refractivity (Wildman–Crippen MR) is 85.1 cm³/mol. The lowest BCUT2D eigenvalue weighted by molar-refractivity contribution is 0.870. The molecule has 2 aromatic rings. The Hall–Kier alpha value is -1.51. The minimum Gasteiger partial charge on any atom is -0.385 e. The minimum atomic E-state index is -0.0825. The number of hydrogen-bond donors (Lipinski definition) is 2. The van der Waals surface area contributed by atoms with Gasteiger partial charge in [0, 0.05) is 12.2 Å². The van der Waals surface area contributed by atoms with Gasteiger partial charge in [-0.3, -0.25) is 0 Å². The predicted octanol–water partition coefficient (Wildman–Crippen LogP) is 3.90. The van der Waals surface area contributed by atoms with Crippen LogP contribution >= 0.6 is 12.4 Å². The van der Waals surface area contributed by atoms with Crippen LogP contribution in [0.3, 0.4) is 0 Å². The molecule has 0 heterocycles. The first-order valence-electron chi connectivity index (χ1n) is 6.37. The number of hydrogen-bond acceptors (Lipinski definition) is 2. The zero-order chi connectivity index (χ0) is 13.0. The third kappa shape index (κ3) is 3.72. The molecular weight excluding hydrogens is 256 g/mol. The first-order valence-corrected chi connectivity index (χ1v) is 6.37. The molecule has 0 radical (unpaired) electrons. The lowest BCUT2D eigenvalue weighted by atomic mass is 9.97. The molecule has 3 N–H and O–H groups in total. The smallest absolute Gasteiger partial charge is 0.0572 e. The molecule has 0 fully saturated rings. The fourth-order valence-electron chi connectivity index (χ4n) is 2.12. The van der Waals surface area contributed by atoms with E-state index in [0.29, 0.717) is 0 Å². The third-order valence-corrected chi connectivity index (χ3v) is 3.07. The van der Waals surface area contributed by atoms with Gasteiger partial charge >= 0.3 is 0 Å². The molecule has 1 unspecified atom stereocenters. The zero-order valence-electron chi connectivity index (χ0n) is 11.4. The van der Waals surface area contributed by atoms with Gasteiger partial charge in [0.15, 0.2) is 0 Å². The highest BCUT2D eigenvalue weighted by atomic mass is 35.5. The summed E-state index contributed by atoms with van der Waals surface area (Å²) < 4.78 is 0. The Labute approximate surface area is 121 Å². The molecule has 0 saturated carbocycles. The van der Waals surface area contributed by atoms with Crippen molar-refractivity contribution in [1.82, 2.24) is 0 Å². The van der Waals surface area contributed by atoms with Crippen molar-refractivity contribution in [1.29, 1.82) is 0 Å². The molecule has 0 aliphatic heterocycles. The summed E-state index contributed by atoms with van der Waals surface area (Å²) in [5, 5.41) is 3.39. The molecule has 0 amide bonds. The van der Waals surface area contributed by atoms with E-state index in [0.717, 1.165) is 23.4 Å². The van der Waals surface area contributed by atoms with E-state index in [1.54, 1.807) is 0 Å². The van der Waals surface area contributed by atoms with E-state index in [1.165, 1.54) is 5.56 Å². The molecule has 2 nitrogen and oxygen atoms in total. The van der Waals surface area contributed by atoms with Gasteiger partial charge in [0.25, 0.3) is 0 Å². The lowest BCUT2D eigenvalue weighted by Gasteiger charge is -2.18. The van der Waals surface area contributed by atoms with Crippen LogP contribution in [0.4, 0.5) is 5.69 Å². The molecule has 3 heteroatoms. The van der Waals surface area contributed by atoms with E-state index in [4.69, 9.17) is 5.73 Å². The van der Waals surface area contributed by atoms with Crippen LogP contribution in [0.15, 0.2) is 48.5 Å². The van der Waals surface area contributed by atoms with Gasteiger partial charge in [-0.05, 0) is 36.6 Å².